The first-order valence-electron chi connectivity index (χ1n) is 11.2. The Kier molecular flexibility index (Phi) is 6.97. The summed E-state index contributed by atoms with van der Waals surface area (Å²) in [6, 6.07) is 15.9. The standard InChI is InChI=1S/C25H30FN3O2/c26-22-12-5-4-11-21(22)19-27-14-8-15-28(18-17-27)25(31)24(20-9-2-1-3-10-20)29-16-7-6-13-23(29)30/h1-5,9-12,24H,6-8,13-19H2. The molecule has 6 heteroatoms. The van der Waals surface area contributed by atoms with Gasteiger partial charge in [-0.2, -0.15) is 0 Å². The van der Waals surface area contributed by atoms with Crippen LogP contribution in [0.5, 0.6) is 0 Å². The van der Waals surface area contributed by atoms with Crippen LogP contribution in [0.25, 0.3) is 0 Å². The van der Waals surface area contributed by atoms with E-state index in [-0.39, 0.29) is 17.6 Å². The summed E-state index contributed by atoms with van der Waals surface area (Å²) in [5.74, 6) is -0.133. The molecule has 1 atom stereocenters. The van der Waals surface area contributed by atoms with Gasteiger partial charge in [-0.05, 0) is 30.9 Å². The highest BCUT2D eigenvalue weighted by atomic mass is 19.1. The van der Waals surface area contributed by atoms with E-state index in [0.717, 1.165) is 31.4 Å². The minimum absolute atomic E-state index is 0.00538. The molecule has 31 heavy (non-hydrogen) atoms. The molecule has 2 fully saturated rings. The van der Waals surface area contributed by atoms with Gasteiger partial charge in [0, 0.05) is 51.3 Å². The summed E-state index contributed by atoms with van der Waals surface area (Å²) in [5, 5.41) is 0. The van der Waals surface area contributed by atoms with Gasteiger partial charge in [0.2, 0.25) is 11.8 Å². The van der Waals surface area contributed by atoms with Gasteiger partial charge in [-0.25, -0.2) is 4.39 Å². The van der Waals surface area contributed by atoms with Crippen LogP contribution in [0.2, 0.25) is 0 Å². The Balaban J connectivity index is 1.48. The minimum atomic E-state index is -0.563. The highest BCUT2D eigenvalue weighted by Gasteiger charge is 2.35. The molecule has 2 aliphatic rings. The second-order valence-corrected chi connectivity index (χ2v) is 8.40. The summed E-state index contributed by atoms with van der Waals surface area (Å²) in [6.45, 7) is 3.90. The molecule has 2 aliphatic heterocycles. The highest BCUT2D eigenvalue weighted by molar-refractivity contribution is 5.89. The van der Waals surface area contributed by atoms with Gasteiger partial charge in [-0.15, -0.1) is 0 Å². The topological polar surface area (TPSA) is 43.9 Å². The molecule has 0 saturated carbocycles. The van der Waals surface area contributed by atoms with E-state index in [2.05, 4.69) is 4.90 Å². The lowest BCUT2D eigenvalue weighted by Crippen LogP contribution is -2.48. The van der Waals surface area contributed by atoms with Crippen molar-refractivity contribution < 1.29 is 14.0 Å². The molecule has 2 saturated heterocycles. The Bertz CT molecular complexity index is 905. The van der Waals surface area contributed by atoms with Crippen LogP contribution in [0.3, 0.4) is 0 Å². The quantitative estimate of drug-likeness (QED) is 0.738. The number of carbonyl (C=O) groups excluding carboxylic acids is 2. The summed E-state index contributed by atoms with van der Waals surface area (Å²) in [4.78, 5) is 32.2. The molecule has 2 aromatic rings. The van der Waals surface area contributed by atoms with Crippen molar-refractivity contribution in [3.8, 4) is 0 Å². The third kappa shape index (κ3) is 5.13. The zero-order valence-electron chi connectivity index (χ0n) is 17.9. The summed E-state index contributed by atoms with van der Waals surface area (Å²) in [7, 11) is 0. The molecule has 0 aliphatic carbocycles. The van der Waals surface area contributed by atoms with Crippen LogP contribution in [0.15, 0.2) is 54.6 Å². The molecule has 0 spiro atoms. The monoisotopic (exact) mass is 423 g/mol. The van der Waals surface area contributed by atoms with Crippen LogP contribution < -0.4 is 0 Å². The van der Waals surface area contributed by atoms with Crippen LogP contribution in [-0.4, -0.2) is 59.2 Å². The van der Waals surface area contributed by atoms with Crippen LogP contribution in [0.4, 0.5) is 4.39 Å². The molecule has 5 nitrogen and oxygen atoms in total. The first-order valence-corrected chi connectivity index (χ1v) is 11.2. The summed E-state index contributed by atoms with van der Waals surface area (Å²) in [5.41, 5.74) is 1.55. The number of amides is 2. The van der Waals surface area contributed by atoms with Crippen molar-refractivity contribution in [1.29, 1.82) is 0 Å². The smallest absolute Gasteiger partial charge is 0.250 e. The fourth-order valence-corrected chi connectivity index (χ4v) is 4.58. The first-order chi connectivity index (χ1) is 15.1. The molecule has 164 valence electrons. The molecule has 4 rings (SSSR count). The Morgan fingerprint density at radius 3 is 2.42 bits per heavy atom. The summed E-state index contributed by atoms with van der Waals surface area (Å²) < 4.78 is 14.1. The number of carbonyl (C=O) groups is 2. The molecule has 2 amide bonds. The number of hydrogen-bond acceptors (Lipinski definition) is 3. The summed E-state index contributed by atoms with van der Waals surface area (Å²) in [6.07, 6.45) is 3.15. The van der Waals surface area contributed by atoms with Gasteiger partial charge < -0.3 is 9.80 Å². The number of piperidine rings is 1. The van der Waals surface area contributed by atoms with Crippen molar-refractivity contribution >= 4 is 11.8 Å². The average molecular weight is 424 g/mol. The molecule has 0 aromatic heterocycles. The average Bonchev–Trinajstić information content (AvgIpc) is 3.03. The zero-order valence-corrected chi connectivity index (χ0v) is 17.9. The minimum Gasteiger partial charge on any atom is -0.339 e. The van der Waals surface area contributed by atoms with Crippen molar-refractivity contribution in [2.24, 2.45) is 0 Å². The largest absolute Gasteiger partial charge is 0.339 e. The SMILES string of the molecule is O=C(C(c1ccccc1)N1CCCCC1=O)N1CCCN(Cc2ccccc2F)CC1. The van der Waals surface area contributed by atoms with Crippen molar-refractivity contribution in [3.05, 3.63) is 71.5 Å². The van der Waals surface area contributed by atoms with E-state index in [1.165, 1.54) is 6.07 Å². The van der Waals surface area contributed by atoms with Crippen molar-refractivity contribution in [3.63, 3.8) is 0 Å². The fraction of sp³-hybridized carbons (Fsp3) is 0.440. The molecular formula is C25H30FN3O2. The first kappa shape index (κ1) is 21.5. The lowest BCUT2D eigenvalue weighted by molar-refractivity contribution is -0.147. The van der Waals surface area contributed by atoms with Gasteiger partial charge in [0.15, 0.2) is 0 Å². The van der Waals surface area contributed by atoms with Crippen LogP contribution in [-0.2, 0) is 16.1 Å². The number of hydrogen-bond donors (Lipinski definition) is 0. The third-order valence-electron chi connectivity index (χ3n) is 6.27. The Morgan fingerprint density at radius 2 is 1.65 bits per heavy atom. The normalized spacial score (nSPS) is 19.2. The van der Waals surface area contributed by atoms with Crippen LogP contribution in [0.1, 0.15) is 42.9 Å². The van der Waals surface area contributed by atoms with E-state index in [0.29, 0.717) is 44.7 Å². The molecule has 2 heterocycles. The van der Waals surface area contributed by atoms with E-state index >= 15 is 0 Å². The van der Waals surface area contributed by atoms with Crippen LogP contribution >= 0.6 is 0 Å². The lowest BCUT2D eigenvalue weighted by Gasteiger charge is -2.37. The van der Waals surface area contributed by atoms with Gasteiger partial charge >= 0.3 is 0 Å². The molecule has 0 N–H and O–H groups in total. The van der Waals surface area contributed by atoms with Crippen molar-refractivity contribution in [2.45, 2.75) is 38.3 Å². The predicted octanol–water partition coefficient (Wildman–Crippen LogP) is 3.61. The Labute approximate surface area is 183 Å². The number of benzene rings is 2. The van der Waals surface area contributed by atoms with E-state index in [4.69, 9.17) is 0 Å². The number of likely N-dealkylation sites (tertiary alicyclic amines) is 1. The second kappa shape index (κ2) is 10.1. The Hall–Kier alpha value is -2.73. The molecular weight excluding hydrogens is 393 g/mol. The zero-order chi connectivity index (χ0) is 21.6. The predicted molar refractivity (Wildman–Crippen MR) is 118 cm³/mol. The van der Waals surface area contributed by atoms with E-state index < -0.39 is 6.04 Å². The number of halogens is 1. The van der Waals surface area contributed by atoms with Gasteiger partial charge in [-0.3, -0.25) is 14.5 Å². The molecule has 0 radical (unpaired) electrons. The van der Waals surface area contributed by atoms with E-state index in [1.807, 2.05) is 47.4 Å². The van der Waals surface area contributed by atoms with Crippen molar-refractivity contribution in [2.75, 3.05) is 32.7 Å². The summed E-state index contributed by atoms with van der Waals surface area (Å²) >= 11 is 0. The van der Waals surface area contributed by atoms with Crippen molar-refractivity contribution in [1.82, 2.24) is 14.7 Å². The molecule has 0 bridgehead atoms. The van der Waals surface area contributed by atoms with Gasteiger partial charge in [0.05, 0.1) is 0 Å². The molecule has 2 aromatic carbocycles. The molecule has 1 unspecified atom stereocenters. The maximum Gasteiger partial charge on any atom is 0.250 e. The third-order valence-corrected chi connectivity index (χ3v) is 6.27. The van der Waals surface area contributed by atoms with Gasteiger partial charge in [-0.1, -0.05) is 48.5 Å². The maximum absolute atomic E-state index is 14.1. The maximum atomic E-state index is 14.1. The lowest BCUT2D eigenvalue weighted by atomic mass is 10.00. The van der Waals surface area contributed by atoms with E-state index in [1.54, 1.807) is 11.0 Å². The van der Waals surface area contributed by atoms with Gasteiger partial charge in [0.25, 0.3) is 0 Å². The fourth-order valence-electron chi connectivity index (χ4n) is 4.58. The van der Waals surface area contributed by atoms with E-state index in [9.17, 15) is 14.0 Å². The van der Waals surface area contributed by atoms with Crippen LogP contribution in [0, 0.1) is 5.82 Å². The van der Waals surface area contributed by atoms with Gasteiger partial charge in [0.1, 0.15) is 11.9 Å². The Morgan fingerprint density at radius 1 is 0.871 bits per heavy atom. The second-order valence-electron chi connectivity index (χ2n) is 8.40. The number of rotatable bonds is 5. The highest BCUT2D eigenvalue weighted by Crippen LogP contribution is 2.28. The number of nitrogens with zero attached hydrogens (tertiary/aromatic N) is 3.